The molecule has 0 unspecified atom stereocenters. The predicted molar refractivity (Wildman–Crippen MR) is 93.4 cm³/mol. The molecular formula is C19H20N2O3. The molecule has 2 amide bonds. The second-order valence-electron chi connectivity index (χ2n) is 5.80. The fourth-order valence-electron chi connectivity index (χ4n) is 2.72. The molecule has 3 rings (SSSR count). The molecule has 0 spiro atoms. The Morgan fingerprint density at radius 1 is 1.12 bits per heavy atom. The van der Waals surface area contributed by atoms with E-state index in [0.29, 0.717) is 31.9 Å². The molecule has 1 saturated heterocycles. The highest BCUT2D eigenvalue weighted by Gasteiger charge is 2.17. The Hall–Kier alpha value is -2.66. The molecule has 1 N–H and O–H groups in total. The number of nitrogens with zero attached hydrogens (tertiary/aromatic N) is 1. The maximum atomic E-state index is 12.3. The Morgan fingerprint density at radius 2 is 1.83 bits per heavy atom. The van der Waals surface area contributed by atoms with Gasteiger partial charge in [0.05, 0.1) is 13.2 Å². The summed E-state index contributed by atoms with van der Waals surface area (Å²) < 4.78 is 5.27. The normalized spacial score (nSPS) is 14.3. The maximum Gasteiger partial charge on any atom is 0.321 e. The minimum Gasteiger partial charge on any atom is -0.378 e. The van der Waals surface area contributed by atoms with Gasteiger partial charge in [0.2, 0.25) is 0 Å². The number of aldehydes is 1. The number of nitrogens with one attached hydrogen (secondary N) is 1. The van der Waals surface area contributed by atoms with Gasteiger partial charge in [0.25, 0.3) is 0 Å². The average Bonchev–Trinajstić information content (AvgIpc) is 2.64. The van der Waals surface area contributed by atoms with Crippen LogP contribution in [0.5, 0.6) is 0 Å². The van der Waals surface area contributed by atoms with E-state index in [1.807, 2.05) is 37.3 Å². The molecule has 0 saturated carbocycles. The first-order valence-corrected chi connectivity index (χ1v) is 7.97. The van der Waals surface area contributed by atoms with Crippen LogP contribution >= 0.6 is 0 Å². The van der Waals surface area contributed by atoms with Crippen molar-refractivity contribution in [1.29, 1.82) is 0 Å². The van der Waals surface area contributed by atoms with Gasteiger partial charge < -0.3 is 15.0 Å². The second-order valence-corrected chi connectivity index (χ2v) is 5.80. The number of hydrogen-bond acceptors (Lipinski definition) is 3. The molecule has 124 valence electrons. The SMILES string of the molecule is Cc1ccc(NC(=O)N2CCOCC2)cc1-c1ccc(C=O)cc1. The number of hydrogen-bond donors (Lipinski definition) is 1. The van der Waals surface area contributed by atoms with E-state index in [0.717, 1.165) is 28.7 Å². The topological polar surface area (TPSA) is 58.6 Å². The van der Waals surface area contributed by atoms with Crippen LogP contribution in [0.3, 0.4) is 0 Å². The molecule has 1 heterocycles. The average molecular weight is 324 g/mol. The van der Waals surface area contributed by atoms with E-state index in [1.165, 1.54) is 0 Å². The zero-order valence-electron chi connectivity index (χ0n) is 13.6. The highest BCUT2D eigenvalue weighted by atomic mass is 16.5. The molecular weight excluding hydrogens is 304 g/mol. The molecule has 0 aliphatic carbocycles. The Bertz CT molecular complexity index is 735. The van der Waals surface area contributed by atoms with Crippen molar-refractivity contribution in [3.63, 3.8) is 0 Å². The van der Waals surface area contributed by atoms with Crippen molar-refractivity contribution in [3.05, 3.63) is 53.6 Å². The van der Waals surface area contributed by atoms with Crippen LogP contribution in [0.15, 0.2) is 42.5 Å². The first-order valence-electron chi connectivity index (χ1n) is 7.97. The van der Waals surface area contributed by atoms with Gasteiger partial charge in [-0.1, -0.05) is 30.3 Å². The number of aryl methyl sites for hydroxylation is 1. The molecule has 0 atom stereocenters. The maximum absolute atomic E-state index is 12.3. The Morgan fingerprint density at radius 3 is 2.50 bits per heavy atom. The molecule has 24 heavy (non-hydrogen) atoms. The van der Waals surface area contributed by atoms with Gasteiger partial charge in [-0.2, -0.15) is 0 Å². The fraction of sp³-hybridized carbons (Fsp3) is 0.263. The number of anilines is 1. The Kier molecular flexibility index (Phi) is 4.91. The third-order valence-corrected chi connectivity index (χ3v) is 4.14. The smallest absolute Gasteiger partial charge is 0.321 e. The molecule has 1 aliphatic rings. The van der Waals surface area contributed by atoms with Gasteiger partial charge in [-0.25, -0.2) is 4.79 Å². The predicted octanol–water partition coefficient (Wildman–Crippen LogP) is 3.34. The van der Waals surface area contributed by atoms with Crippen LogP contribution in [-0.2, 0) is 4.74 Å². The first kappa shape index (κ1) is 16.2. The van der Waals surface area contributed by atoms with Crippen LogP contribution in [0.2, 0.25) is 0 Å². The summed E-state index contributed by atoms with van der Waals surface area (Å²) in [5.74, 6) is 0. The highest BCUT2D eigenvalue weighted by Crippen LogP contribution is 2.27. The summed E-state index contributed by atoms with van der Waals surface area (Å²) in [5, 5.41) is 2.95. The van der Waals surface area contributed by atoms with Gasteiger partial charge in [0.15, 0.2) is 0 Å². The van der Waals surface area contributed by atoms with Gasteiger partial charge in [-0.05, 0) is 35.7 Å². The number of carbonyl (C=O) groups excluding carboxylic acids is 2. The third kappa shape index (κ3) is 3.63. The lowest BCUT2D eigenvalue weighted by Gasteiger charge is -2.27. The number of ether oxygens (including phenoxy) is 1. The van der Waals surface area contributed by atoms with Gasteiger partial charge in [-0.15, -0.1) is 0 Å². The van der Waals surface area contributed by atoms with E-state index >= 15 is 0 Å². The summed E-state index contributed by atoms with van der Waals surface area (Å²) in [7, 11) is 0. The van der Waals surface area contributed by atoms with E-state index in [1.54, 1.807) is 17.0 Å². The highest BCUT2D eigenvalue weighted by molar-refractivity contribution is 5.90. The standard InChI is InChI=1S/C19H20N2O3/c1-14-2-7-17(20-19(23)21-8-10-24-11-9-21)12-18(14)16-5-3-15(13-22)4-6-16/h2-7,12-13H,8-11H2,1H3,(H,20,23). The lowest BCUT2D eigenvalue weighted by molar-refractivity contribution is 0.0564. The molecule has 1 fully saturated rings. The van der Waals surface area contributed by atoms with Crippen molar-refractivity contribution in [2.45, 2.75) is 6.92 Å². The van der Waals surface area contributed by atoms with Crippen molar-refractivity contribution in [2.75, 3.05) is 31.6 Å². The summed E-state index contributed by atoms with van der Waals surface area (Å²) in [6, 6.07) is 13.2. The fourth-order valence-corrected chi connectivity index (χ4v) is 2.72. The molecule has 0 bridgehead atoms. The minimum atomic E-state index is -0.107. The zero-order chi connectivity index (χ0) is 16.9. The van der Waals surface area contributed by atoms with Crippen LogP contribution in [0.4, 0.5) is 10.5 Å². The lowest BCUT2D eigenvalue weighted by atomic mass is 9.99. The third-order valence-electron chi connectivity index (χ3n) is 4.14. The van der Waals surface area contributed by atoms with Crippen molar-refractivity contribution < 1.29 is 14.3 Å². The Labute approximate surface area is 141 Å². The summed E-state index contributed by atoms with van der Waals surface area (Å²) in [6.07, 6.45) is 0.829. The van der Waals surface area contributed by atoms with Crippen molar-refractivity contribution in [3.8, 4) is 11.1 Å². The summed E-state index contributed by atoms with van der Waals surface area (Å²) >= 11 is 0. The Balaban J connectivity index is 1.80. The quantitative estimate of drug-likeness (QED) is 0.881. The van der Waals surface area contributed by atoms with E-state index in [2.05, 4.69) is 5.32 Å². The molecule has 1 aliphatic heterocycles. The van der Waals surface area contributed by atoms with Gasteiger partial charge in [0.1, 0.15) is 6.29 Å². The van der Waals surface area contributed by atoms with Crippen LogP contribution < -0.4 is 5.32 Å². The molecule has 0 aromatic heterocycles. The number of urea groups is 1. The molecule has 5 heteroatoms. The molecule has 2 aromatic rings. The zero-order valence-corrected chi connectivity index (χ0v) is 13.6. The van der Waals surface area contributed by atoms with Crippen LogP contribution in [0.25, 0.3) is 11.1 Å². The summed E-state index contributed by atoms with van der Waals surface area (Å²) in [5.41, 5.74) is 4.56. The monoisotopic (exact) mass is 324 g/mol. The van der Waals surface area contributed by atoms with E-state index in [4.69, 9.17) is 4.74 Å². The van der Waals surface area contributed by atoms with Crippen LogP contribution in [0, 0.1) is 6.92 Å². The minimum absolute atomic E-state index is 0.107. The number of amides is 2. The first-order chi connectivity index (χ1) is 11.7. The number of morpholine rings is 1. The number of rotatable bonds is 3. The largest absolute Gasteiger partial charge is 0.378 e. The molecule has 5 nitrogen and oxygen atoms in total. The lowest BCUT2D eigenvalue weighted by Crippen LogP contribution is -2.43. The van der Waals surface area contributed by atoms with E-state index in [9.17, 15) is 9.59 Å². The van der Waals surface area contributed by atoms with Crippen LogP contribution in [0.1, 0.15) is 15.9 Å². The van der Waals surface area contributed by atoms with Gasteiger partial charge >= 0.3 is 6.03 Å². The van der Waals surface area contributed by atoms with Gasteiger partial charge in [0, 0.05) is 24.3 Å². The van der Waals surface area contributed by atoms with Gasteiger partial charge in [-0.3, -0.25) is 4.79 Å². The van der Waals surface area contributed by atoms with Crippen molar-refractivity contribution >= 4 is 18.0 Å². The second kappa shape index (κ2) is 7.27. The van der Waals surface area contributed by atoms with Crippen molar-refractivity contribution in [2.24, 2.45) is 0 Å². The molecule has 2 aromatic carbocycles. The summed E-state index contributed by atoms with van der Waals surface area (Å²) in [4.78, 5) is 24.8. The van der Waals surface area contributed by atoms with Crippen molar-refractivity contribution in [1.82, 2.24) is 4.90 Å². The van der Waals surface area contributed by atoms with E-state index in [-0.39, 0.29) is 6.03 Å². The van der Waals surface area contributed by atoms with E-state index < -0.39 is 0 Å². The van der Waals surface area contributed by atoms with Crippen LogP contribution in [-0.4, -0.2) is 43.5 Å². The summed E-state index contributed by atoms with van der Waals surface area (Å²) in [6.45, 7) is 4.40. The number of carbonyl (C=O) groups is 2. The molecule has 0 radical (unpaired) electrons. The number of benzene rings is 2.